The lowest BCUT2D eigenvalue weighted by atomic mass is 10.0. The minimum atomic E-state index is -0.604. The van der Waals surface area contributed by atoms with E-state index in [1.165, 1.54) is 12.5 Å². The summed E-state index contributed by atoms with van der Waals surface area (Å²) in [5.74, 6) is -1.04. The molecule has 3 nitrogen and oxygen atoms in total. The Labute approximate surface area is 118 Å². The number of fused-ring (bicyclic) bond motifs is 3. The van der Waals surface area contributed by atoms with Gasteiger partial charge in [-0.2, -0.15) is 0 Å². The van der Waals surface area contributed by atoms with E-state index in [1.807, 2.05) is 0 Å². The molecule has 0 aliphatic heterocycles. The van der Waals surface area contributed by atoms with Crippen LogP contribution in [0.15, 0.2) is 10.5 Å². The van der Waals surface area contributed by atoms with Crippen molar-refractivity contribution in [1.82, 2.24) is 4.98 Å². The van der Waals surface area contributed by atoms with Crippen molar-refractivity contribution in [1.29, 1.82) is 0 Å². The van der Waals surface area contributed by atoms with Gasteiger partial charge in [-0.25, -0.2) is 4.39 Å². The average molecular weight is 325 g/mol. The summed E-state index contributed by atoms with van der Waals surface area (Å²) >= 11 is 3.30. The molecule has 0 saturated carbocycles. The van der Waals surface area contributed by atoms with Crippen molar-refractivity contribution in [3.63, 3.8) is 0 Å². The first-order valence-electron chi connectivity index (χ1n) is 6.41. The summed E-state index contributed by atoms with van der Waals surface area (Å²) in [5, 5.41) is 0.783. The second-order valence-corrected chi connectivity index (χ2v) is 5.77. The molecule has 5 heteroatoms. The van der Waals surface area contributed by atoms with Crippen LogP contribution in [0, 0.1) is 5.82 Å². The number of H-pyrrole nitrogens is 1. The van der Waals surface area contributed by atoms with Crippen molar-refractivity contribution in [2.24, 2.45) is 5.73 Å². The first kappa shape index (κ1) is 12.7. The SMILES string of the molecule is NC(=O)c1cc(F)c(Br)c2c3c([nH]c12)CCCCC3. The van der Waals surface area contributed by atoms with Gasteiger partial charge in [0.25, 0.3) is 5.91 Å². The van der Waals surface area contributed by atoms with Crippen molar-refractivity contribution < 1.29 is 9.18 Å². The molecular weight excluding hydrogens is 311 g/mol. The van der Waals surface area contributed by atoms with Gasteiger partial charge < -0.3 is 10.7 Å². The lowest BCUT2D eigenvalue weighted by Crippen LogP contribution is -2.12. The number of amides is 1. The number of benzene rings is 1. The maximum absolute atomic E-state index is 14.0. The van der Waals surface area contributed by atoms with Crippen LogP contribution in [0.25, 0.3) is 10.9 Å². The van der Waals surface area contributed by atoms with Gasteiger partial charge in [0.05, 0.1) is 15.6 Å². The van der Waals surface area contributed by atoms with E-state index in [2.05, 4.69) is 20.9 Å². The third-order valence-corrected chi connectivity index (χ3v) is 4.56. The highest BCUT2D eigenvalue weighted by atomic mass is 79.9. The van der Waals surface area contributed by atoms with Gasteiger partial charge in [0.2, 0.25) is 0 Å². The van der Waals surface area contributed by atoms with Crippen LogP contribution in [0.1, 0.15) is 40.9 Å². The lowest BCUT2D eigenvalue weighted by molar-refractivity contribution is 0.100. The molecule has 3 rings (SSSR count). The number of hydrogen-bond donors (Lipinski definition) is 2. The molecule has 3 N–H and O–H groups in total. The Morgan fingerprint density at radius 2 is 2.05 bits per heavy atom. The Bertz CT molecular complexity index is 678. The number of aryl methyl sites for hydroxylation is 2. The number of rotatable bonds is 1. The normalized spacial score (nSPS) is 15.3. The van der Waals surface area contributed by atoms with Gasteiger partial charge in [-0.1, -0.05) is 6.42 Å². The molecule has 0 fully saturated rings. The summed E-state index contributed by atoms with van der Waals surface area (Å²) in [6.45, 7) is 0. The van der Waals surface area contributed by atoms with E-state index in [0.29, 0.717) is 9.99 Å². The fourth-order valence-electron chi connectivity index (χ4n) is 2.88. The topological polar surface area (TPSA) is 58.9 Å². The monoisotopic (exact) mass is 324 g/mol. The van der Waals surface area contributed by atoms with Crippen LogP contribution in [0.2, 0.25) is 0 Å². The molecule has 0 spiro atoms. The Morgan fingerprint density at radius 1 is 1.32 bits per heavy atom. The van der Waals surface area contributed by atoms with Gasteiger partial charge in [0.15, 0.2) is 0 Å². The molecule has 1 aliphatic carbocycles. The van der Waals surface area contributed by atoms with Gasteiger partial charge in [0.1, 0.15) is 5.82 Å². The summed E-state index contributed by atoms with van der Waals surface area (Å²) in [5.41, 5.74) is 8.47. The number of aromatic nitrogens is 1. The van der Waals surface area contributed by atoms with Crippen LogP contribution in [0.5, 0.6) is 0 Å². The van der Waals surface area contributed by atoms with Crippen molar-refractivity contribution >= 4 is 32.7 Å². The smallest absolute Gasteiger partial charge is 0.250 e. The number of aromatic amines is 1. The molecule has 100 valence electrons. The van der Waals surface area contributed by atoms with Gasteiger partial charge in [0, 0.05) is 11.1 Å². The average Bonchev–Trinajstić information content (AvgIpc) is 2.57. The number of carbonyl (C=O) groups is 1. The molecule has 0 radical (unpaired) electrons. The number of primary amides is 1. The van der Waals surface area contributed by atoms with E-state index in [1.54, 1.807) is 0 Å². The summed E-state index contributed by atoms with van der Waals surface area (Å²) in [6.07, 6.45) is 5.24. The Hall–Kier alpha value is -1.36. The zero-order valence-corrected chi connectivity index (χ0v) is 11.9. The van der Waals surface area contributed by atoms with Crippen LogP contribution in [-0.2, 0) is 12.8 Å². The molecule has 1 amide bonds. The van der Waals surface area contributed by atoms with Crippen molar-refractivity contribution in [3.8, 4) is 0 Å². The van der Waals surface area contributed by atoms with E-state index in [4.69, 9.17) is 5.73 Å². The standard InChI is InChI=1S/C14H14BrFN2O/c15-12-9(16)6-8(14(17)19)13-11(12)7-4-2-1-3-5-10(7)18-13/h6,18H,1-5H2,(H2,17,19). The van der Waals surface area contributed by atoms with Gasteiger partial charge in [-0.3, -0.25) is 4.79 Å². The maximum atomic E-state index is 14.0. The quantitative estimate of drug-likeness (QED) is 0.775. The molecule has 1 aliphatic rings. The molecule has 0 unspecified atom stereocenters. The largest absolute Gasteiger partial charge is 0.366 e. The minimum Gasteiger partial charge on any atom is -0.366 e. The molecule has 0 bridgehead atoms. The van der Waals surface area contributed by atoms with Gasteiger partial charge in [-0.15, -0.1) is 0 Å². The van der Waals surface area contributed by atoms with Crippen LogP contribution in [0.3, 0.4) is 0 Å². The van der Waals surface area contributed by atoms with Crippen molar-refractivity contribution in [3.05, 3.63) is 33.2 Å². The third kappa shape index (κ3) is 1.96. The molecule has 1 aromatic carbocycles. The van der Waals surface area contributed by atoms with Crippen LogP contribution < -0.4 is 5.73 Å². The summed E-state index contributed by atoms with van der Waals surface area (Å²) in [7, 11) is 0. The first-order valence-corrected chi connectivity index (χ1v) is 7.20. The number of halogens is 2. The predicted octanol–water partition coefficient (Wildman–Crippen LogP) is 3.44. The van der Waals surface area contributed by atoms with Crippen LogP contribution in [0.4, 0.5) is 4.39 Å². The Morgan fingerprint density at radius 3 is 2.79 bits per heavy atom. The van der Waals surface area contributed by atoms with E-state index in [0.717, 1.165) is 42.3 Å². The third-order valence-electron chi connectivity index (χ3n) is 3.78. The maximum Gasteiger partial charge on any atom is 0.250 e. The highest BCUT2D eigenvalue weighted by Gasteiger charge is 2.22. The highest BCUT2D eigenvalue weighted by Crippen LogP contribution is 2.36. The zero-order chi connectivity index (χ0) is 13.6. The second-order valence-electron chi connectivity index (χ2n) is 4.98. The molecular formula is C14H14BrFN2O. The van der Waals surface area contributed by atoms with E-state index in [-0.39, 0.29) is 5.56 Å². The second kappa shape index (κ2) is 4.63. The fraction of sp³-hybridized carbons (Fsp3) is 0.357. The summed E-state index contributed by atoms with van der Waals surface area (Å²) < 4.78 is 14.4. The minimum absolute atomic E-state index is 0.226. The molecule has 1 aromatic heterocycles. The zero-order valence-electron chi connectivity index (χ0n) is 10.4. The Kier molecular flexibility index (Phi) is 3.09. The predicted molar refractivity (Wildman–Crippen MR) is 75.7 cm³/mol. The lowest BCUT2D eigenvalue weighted by Gasteiger charge is -2.05. The molecule has 0 saturated heterocycles. The highest BCUT2D eigenvalue weighted by molar-refractivity contribution is 9.10. The van der Waals surface area contributed by atoms with Crippen LogP contribution >= 0.6 is 15.9 Å². The molecule has 19 heavy (non-hydrogen) atoms. The van der Waals surface area contributed by atoms with Crippen LogP contribution in [-0.4, -0.2) is 10.9 Å². The van der Waals surface area contributed by atoms with Gasteiger partial charge >= 0.3 is 0 Å². The summed E-state index contributed by atoms with van der Waals surface area (Å²) in [4.78, 5) is 14.8. The number of nitrogens with one attached hydrogen (secondary N) is 1. The summed E-state index contributed by atoms with van der Waals surface area (Å²) in [6, 6.07) is 1.20. The number of nitrogens with two attached hydrogens (primary N) is 1. The van der Waals surface area contributed by atoms with Crippen molar-refractivity contribution in [2.75, 3.05) is 0 Å². The number of carbonyl (C=O) groups excluding carboxylic acids is 1. The Balaban J connectivity index is 2.38. The van der Waals surface area contributed by atoms with Crippen molar-refractivity contribution in [2.45, 2.75) is 32.1 Å². The van der Waals surface area contributed by atoms with E-state index < -0.39 is 11.7 Å². The first-order chi connectivity index (χ1) is 9.09. The molecule has 2 aromatic rings. The van der Waals surface area contributed by atoms with E-state index in [9.17, 15) is 9.18 Å². The van der Waals surface area contributed by atoms with Gasteiger partial charge in [-0.05, 0) is 53.2 Å². The fourth-order valence-corrected chi connectivity index (χ4v) is 3.43. The molecule has 1 heterocycles. The molecule has 0 atom stereocenters. The number of hydrogen-bond acceptors (Lipinski definition) is 1. The van der Waals surface area contributed by atoms with E-state index >= 15 is 0 Å².